The van der Waals surface area contributed by atoms with Gasteiger partial charge in [0.1, 0.15) is 12.4 Å². The summed E-state index contributed by atoms with van der Waals surface area (Å²) in [5.41, 5.74) is -0.103. The molecule has 0 aliphatic carbocycles. The summed E-state index contributed by atoms with van der Waals surface area (Å²) < 4.78 is 54.0. The molecule has 0 saturated carbocycles. The lowest BCUT2D eigenvalue weighted by Crippen LogP contribution is -2.44. The predicted molar refractivity (Wildman–Crippen MR) is 127 cm³/mol. The molecule has 1 aromatic heterocycles. The predicted octanol–water partition coefficient (Wildman–Crippen LogP) is 4.04. The zero-order valence-corrected chi connectivity index (χ0v) is 20.1. The molecule has 1 unspecified atom stereocenters. The molecule has 0 radical (unpaired) electrons. The molecule has 2 N–H and O–H groups in total. The summed E-state index contributed by atoms with van der Waals surface area (Å²) in [6.45, 7) is 1.14. The third-order valence-electron chi connectivity index (χ3n) is 6.28. The van der Waals surface area contributed by atoms with Gasteiger partial charge >= 0.3 is 6.18 Å². The number of aromatic amines is 1. The molecule has 3 aromatic rings. The Morgan fingerprint density at radius 1 is 1.19 bits per heavy atom. The summed E-state index contributed by atoms with van der Waals surface area (Å²) in [5.74, 6) is -3.27. The number of nitrogens with zero attached hydrogens (tertiary/aromatic N) is 3. The Morgan fingerprint density at radius 2 is 1.86 bits per heavy atom. The van der Waals surface area contributed by atoms with Gasteiger partial charge in [-0.2, -0.15) is 18.3 Å². The number of rotatable bonds is 5. The number of amides is 3. The Labute approximate surface area is 208 Å². The van der Waals surface area contributed by atoms with Gasteiger partial charge in [0.25, 0.3) is 5.91 Å². The topological polar surface area (TPSA) is 98.4 Å². The fourth-order valence-electron chi connectivity index (χ4n) is 4.22. The van der Waals surface area contributed by atoms with E-state index in [9.17, 15) is 31.9 Å². The van der Waals surface area contributed by atoms with Crippen LogP contribution in [0.3, 0.4) is 0 Å². The highest BCUT2D eigenvalue weighted by Gasteiger charge is 2.38. The lowest BCUT2D eigenvalue weighted by atomic mass is 9.83. The SMILES string of the molecule is CC1=C(C(=O)Nc2cc3cn[nH]c3cc2F)C(c2ccc(C(F)(F)F)cc2)CC(=O)N1CC(=O)N(C)C. The lowest BCUT2D eigenvalue weighted by molar-refractivity contribution is -0.138. The molecule has 2 aromatic carbocycles. The van der Waals surface area contributed by atoms with Crippen LogP contribution < -0.4 is 5.32 Å². The Bertz CT molecular complexity index is 1410. The van der Waals surface area contributed by atoms with Gasteiger partial charge in [-0.15, -0.1) is 0 Å². The maximum atomic E-state index is 14.7. The van der Waals surface area contributed by atoms with Crippen LogP contribution in [0.4, 0.5) is 23.2 Å². The van der Waals surface area contributed by atoms with Gasteiger partial charge < -0.3 is 15.1 Å². The van der Waals surface area contributed by atoms with Crippen LogP contribution in [0, 0.1) is 5.82 Å². The minimum Gasteiger partial charge on any atom is -0.347 e. The average Bonchev–Trinajstić information content (AvgIpc) is 3.27. The standard InChI is InChI=1S/C25H23F4N5O3/c1-13-23(24(37)31-20-8-15-11-30-32-19(15)10-18(20)26)17(9-21(35)34(13)12-22(36)33(2)3)14-4-6-16(7-5-14)25(27,28)29/h4-8,10-11,17H,9,12H2,1-3H3,(H,30,32)(H,31,37). The Morgan fingerprint density at radius 3 is 2.49 bits per heavy atom. The first kappa shape index (κ1) is 25.9. The average molecular weight is 517 g/mol. The van der Waals surface area contributed by atoms with Gasteiger partial charge in [0.2, 0.25) is 11.8 Å². The van der Waals surface area contributed by atoms with Gasteiger partial charge in [-0.05, 0) is 30.7 Å². The van der Waals surface area contributed by atoms with Crippen molar-refractivity contribution in [2.24, 2.45) is 0 Å². The van der Waals surface area contributed by atoms with E-state index in [1.54, 1.807) is 0 Å². The molecule has 2 heterocycles. The second-order valence-corrected chi connectivity index (χ2v) is 8.89. The van der Waals surface area contributed by atoms with Gasteiger partial charge in [0, 0.05) is 49.2 Å². The van der Waals surface area contributed by atoms with E-state index >= 15 is 0 Å². The van der Waals surface area contributed by atoms with Crippen molar-refractivity contribution in [3.8, 4) is 0 Å². The normalized spacial score (nSPS) is 16.4. The van der Waals surface area contributed by atoms with Crippen LogP contribution in [-0.4, -0.2) is 58.4 Å². The van der Waals surface area contributed by atoms with E-state index in [0.29, 0.717) is 16.5 Å². The number of aromatic nitrogens is 2. The smallest absolute Gasteiger partial charge is 0.347 e. The second kappa shape index (κ2) is 9.68. The van der Waals surface area contributed by atoms with Gasteiger partial charge in [-0.3, -0.25) is 19.5 Å². The fraction of sp³-hybridized carbons (Fsp3) is 0.280. The number of H-pyrrole nitrogens is 1. The number of allylic oxidation sites excluding steroid dienone is 1. The maximum Gasteiger partial charge on any atom is 0.416 e. The number of fused-ring (bicyclic) bond motifs is 1. The summed E-state index contributed by atoms with van der Waals surface area (Å²) in [4.78, 5) is 41.3. The van der Waals surface area contributed by atoms with Gasteiger partial charge in [-0.1, -0.05) is 12.1 Å². The van der Waals surface area contributed by atoms with Crippen molar-refractivity contribution in [3.63, 3.8) is 0 Å². The van der Waals surface area contributed by atoms with Crippen LogP contribution in [0.25, 0.3) is 10.9 Å². The number of likely N-dealkylation sites (N-methyl/N-ethyl adjacent to an activating group) is 1. The van der Waals surface area contributed by atoms with E-state index in [1.165, 1.54) is 56.4 Å². The molecule has 37 heavy (non-hydrogen) atoms. The van der Waals surface area contributed by atoms with Crippen molar-refractivity contribution in [2.75, 3.05) is 26.0 Å². The van der Waals surface area contributed by atoms with Gasteiger partial charge in [-0.25, -0.2) is 4.39 Å². The van der Waals surface area contributed by atoms with Crippen molar-refractivity contribution >= 4 is 34.3 Å². The number of carbonyl (C=O) groups excluding carboxylic acids is 3. The minimum atomic E-state index is -4.56. The molecule has 12 heteroatoms. The first-order chi connectivity index (χ1) is 17.4. The van der Waals surface area contributed by atoms with E-state index in [4.69, 9.17) is 0 Å². The number of hydrogen-bond donors (Lipinski definition) is 2. The van der Waals surface area contributed by atoms with Crippen molar-refractivity contribution in [1.29, 1.82) is 0 Å². The number of alkyl halides is 3. The van der Waals surface area contributed by atoms with E-state index < -0.39 is 41.2 Å². The fourth-order valence-corrected chi connectivity index (χ4v) is 4.22. The highest BCUT2D eigenvalue weighted by molar-refractivity contribution is 6.08. The number of carbonyl (C=O) groups is 3. The zero-order valence-electron chi connectivity index (χ0n) is 20.1. The third-order valence-corrected chi connectivity index (χ3v) is 6.28. The second-order valence-electron chi connectivity index (χ2n) is 8.89. The number of hydrogen-bond acceptors (Lipinski definition) is 4. The monoisotopic (exact) mass is 517 g/mol. The molecule has 8 nitrogen and oxygen atoms in total. The molecule has 1 aliphatic rings. The van der Waals surface area contributed by atoms with Crippen LogP contribution in [0.5, 0.6) is 0 Å². The van der Waals surface area contributed by atoms with Crippen LogP contribution in [0.15, 0.2) is 53.9 Å². The van der Waals surface area contributed by atoms with Gasteiger partial charge in [0.05, 0.1) is 23.0 Å². The van der Waals surface area contributed by atoms with Crippen molar-refractivity contribution in [2.45, 2.75) is 25.4 Å². The van der Waals surface area contributed by atoms with E-state index in [-0.39, 0.29) is 29.9 Å². The lowest BCUT2D eigenvalue weighted by Gasteiger charge is -2.35. The first-order valence-electron chi connectivity index (χ1n) is 11.2. The molecule has 0 saturated heterocycles. The first-order valence-corrected chi connectivity index (χ1v) is 11.2. The number of benzene rings is 2. The van der Waals surface area contributed by atoms with Crippen molar-refractivity contribution in [1.82, 2.24) is 20.0 Å². The Hall–Kier alpha value is -4.22. The highest BCUT2D eigenvalue weighted by Crippen LogP contribution is 2.38. The minimum absolute atomic E-state index is 0.0394. The summed E-state index contributed by atoms with van der Waals surface area (Å²) in [6.07, 6.45) is -3.37. The molecular formula is C25H23F4N5O3. The summed E-state index contributed by atoms with van der Waals surface area (Å²) >= 11 is 0. The van der Waals surface area contributed by atoms with E-state index in [2.05, 4.69) is 15.5 Å². The molecule has 194 valence electrons. The van der Waals surface area contributed by atoms with Gasteiger partial charge in [0.15, 0.2) is 0 Å². The molecule has 1 atom stereocenters. The van der Waals surface area contributed by atoms with Crippen molar-refractivity contribution < 1.29 is 31.9 Å². The zero-order chi connectivity index (χ0) is 27.1. The number of halogens is 4. The Balaban J connectivity index is 1.76. The van der Waals surface area contributed by atoms with Crippen LogP contribution in [0.1, 0.15) is 30.4 Å². The maximum absolute atomic E-state index is 14.7. The molecule has 1 aliphatic heterocycles. The molecule has 0 fully saturated rings. The highest BCUT2D eigenvalue weighted by atomic mass is 19.4. The van der Waals surface area contributed by atoms with Crippen LogP contribution >= 0.6 is 0 Å². The molecule has 3 amide bonds. The summed E-state index contributed by atoms with van der Waals surface area (Å²) in [7, 11) is 3.03. The Kier molecular flexibility index (Phi) is 6.76. The van der Waals surface area contributed by atoms with Crippen LogP contribution in [0.2, 0.25) is 0 Å². The number of anilines is 1. The van der Waals surface area contributed by atoms with E-state index in [0.717, 1.165) is 17.0 Å². The quantitative estimate of drug-likeness (QED) is 0.500. The molecule has 4 rings (SSSR count). The van der Waals surface area contributed by atoms with Crippen molar-refractivity contribution in [3.05, 3.63) is 70.8 Å². The number of nitrogens with one attached hydrogen (secondary N) is 2. The summed E-state index contributed by atoms with van der Waals surface area (Å²) in [6, 6.07) is 6.72. The molecule has 0 spiro atoms. The molecule has 0 bridgehead atoms. The van der Waals surface area contributed by atoms with E-state index in [1.807, 2.05) is 0 Å². The molecular weight excluding hydrogens is 494 g/mol. The largest absolute Gasteiger partial charge is 0.416 e. The third kappa shape index (κ3) is 5.18. The summed E-state index contributed by atoms with van der Waals surface area (Å²) in [5, 5.41) is 9.50. The van der Waals surface area contributed by atoms with Crippen LogP contribution in [-0.2, 0) is 20.6 Å².